The van der Waals surface area contributed by atoms with E-state index >= 15 is 0 Å². The highest BCUT2D eigenvalue weighted by atomic mass is 32.2. The van der Waals surface area contributed by atoms with Crippen LogP contribution in [0, 0.1) is 0 Å². The minimum absolute atomic E-state index is 0.232. The Morgan fingerprint density at radius 3 is 2.88 bits per heavy atom. The van der Waals surface area contributed by atoms with Crippen molar-refractivity contribution in [2.45, 2.75) is 23.6 Å². The molecule has 8 nitrogen and oxygen atoms in total. The van der Waals surface area contributed by atoms with Crippen LogP contribution in [-0.2, 0) is 21.2 Å². The molecule has 0 bridgehead atoms. The molecule has 24 heavy (non-hydrogen) atoms. The Labute approximate surface area is 144 Å². The number of hydrogen-bond acceptors (Lipinski definition) is 8. The zero-order chi connectivity index (χ0) is 17.2. The molecule has 0 aromatic carbocycles. The highest BCUT2D eigenvalue weighted by molar-refractivity contribution is 7.91. The largest absolute Gasteiger partial charge is 0.379 e. The summed E-state index contributed by atoms with van der Waals surface area (Å²) in [7, 11) is -1.62. The number of aromatic nitrogens is 2. The lowest BCUT2D eigenvalue weighted by Crippen LogP contribution is -2.40. The zero-order valence-electron chi connectivity index (χ0n) is 13.6. The number of thiophene rings is 1. The van der Waals surface area contributed by atoms with Gasteiger partial charge in [-0.1, -0.05) is 5.16 Å². The average molecular weight is 372 g/mol. The van der Waals surface area contributed by atoms with Gasteiger partial charge in [-0.25, -0.2) is 8.42 Å². The Hall–Kier alpha value is -1.33. The van der Waals surface area contributed by atoms with Crippen LogP contribution in [0.1, 0.15) is 12.7 Å². The van der Waals surface area contributed by atoms with Crippen molar-refractivity contribution in [1.29, 1.82) is 0 Å². The van der Waals surface area contributed by atoms with Crippen LogP contribution in [0.3, 0.4) is 0 Å². The van der Waals surface area contributed by atoms with Crippen LogP contribution < -0.4 is 5.32 Å². The van der Waals surface area contributed by atoms with Crippen molar-refractivity contribution < 1.29 is 17.7 Å². The maximum atomic E-state index is 12.6. The maximum Gasteiger partial charge on any atom is 0.258 e. The van der Waals surface area contributed by atoms with Gasteiger partial charge in [-0.3, -0.25) is 0 Å². The highest BCUT2D eigenvalue weighted by Gasteiger charge is 2.28. The van der Waals surface area contributed by atoms with Crippen LogP contribution in [0.2, 0.25) is 0 Å². The third-order valence-electron chi connectivity index (χ3n) is 3.84. The number of nitrogens with zero attached hydrogens (tertiary/aromatic N) is 3. The van der Waals surface area contributed by atoms with E-state index in [0.717, 1.165) is 11.3 Å². The van der Waals surface area contributed by atoms with Gasteiger partial charge in [0.25, 0.3) is 15.9 Å². The zero-order valence-corrected chi connectivity index (χ0v) is 15.2. The third-order valence-corrected chi connectivity index (χ3v) is 7.15. The topological polar surface area (TPSA) is 97.6 Å². The number of sulfonamides is 1. The predicted octanol–water partition coefficient (Wildman–Crippen LogP) is 0.969. The average Bonchev–Trinajstić information content (AvgIpc) is 3.25. The Kier molecular flexibility index (Phi) is 5.30. The monoisotopic (exact) mass is 372 g/mol. The molecule has 0 radical (unpaired) electrons. The number of ether oxygens (including phenoxy) is 1. The van der Waals surface area contributed by atoms with E-state index in [9.17, 15) is 8.42 Å². The molecule has 0 saturated carbocycles. The van der Waals surface area contributed by atoms with Crippen LogP contribution in [0.15, 0.2) is 20.2 Å². The second-order valence-corrected chi connectivity index (χ2v) is 8.66. The van der Waals surface area contributed by atoms with Crippen LogP contribution in [0.4, 0.5) is 0 Å². The van der Waals surface area contributed by atoms with Gasteiger partial charge in [0.2, 0.25) is 0 Å². The minimum Gasteiger partial charge on any atom is -0.379 e. The van der Waals surface area contributed by atoms with E-state index in [2.05, 4.69) is 15.5 Å². The van der Waals surface area contributed by atoms with E-state index in [0.29, 0.717) is 50.0 Å². The molecule has 0 spiro atoms. The third kappa shape index (κ3) is 3.67. The Morgan fingerprint density at radius 2 is 2.17 bits per heavy atom. The minimum atomic E-state index is -3.49. The van der Waals surface area contributed by atoms with Crippen molar-refractivity contribution in [2.75, 3.05) is 33.4 Å². The van der Waals surface area contributed by atoms with Crippen LogP contribution >= 0.6 is 11.3 Å². The molecule has 3 rings (SSSR count). The number of hydrogen-bond donors (Lipinski definition) is 1. The van der Waals surface area contributed by atoms with Crippen molar-refractivity contribution in [3.63, 3.8) is 0 Å². The lowest BCUT2D eigenvalue weighted by Gasteiger charge is -2.25. The molecule has 1 unspecified atom stereocenters. The standard InChI is InChI=1S/C14H20N4O4S2/c1-10(15-2)7-12-16-14(22-17-12)11-8-13(23-9-11)24(19,20)18-3-5-21-6-4-18/h8-10,15H,3-7H2,1-2H3. The molecule has 1 saturated heterocycles. The molecule has 1 fully saturated rings. The molecule has 132 valence electrons. The van der Waals surface area contributed by atoms with E-state index in [-0.39, 0.29) is 10.3 Å². The molecule has 1 aliphatic heterocycles. The Morgan fingerprint density at radius 1 is 1.42 bits per heavy atom. The van der Waals surface area contributed by atoms with Gasteiger partial charge < -0.3 is 14.6 Å². The molecular formula is C14H20N4O4S2. The van der Waals surface area contributed by atoms with Crippen molar-refractivity contribution in [2.24, 2.45) is 0 Å². The molecular weight excluding hydrogens is 352 g/mol. The van der Waals surface area contributed by atoms with E-state index in [4.69, 9.17) is 9.26 Å². The molecule has 3 heterocycles. The number of rotatable bonds is 6. The maximum absolute atomic E-state index is 12.6. The summed E-state index contributed by atoms with van der Waals surface area (Å²) >= 11 is 1.16. The summed E-state index contributed by atoms with van der Waals surface area (Å²) in [6.45, 7) is 3.63. The van der Waals surface area contributed by atoms with Crippen LogP contribution in [0.25, 0.3) is 11.5 Å². The number of likely N-dealkylation sites (N-methyl/N-ethyl adjacent to an activating group) is 1. The lowest BCUT2D eigenvalue weighted by atomic mass is 10.2. The van der Waals surface area contributed by atoms with Crippen molar-refractivity contribution in [3.05, 3.63) is 17.3 Å². The van der Waals surface area contributed by atoms with Gasteiger partial charge in [-0.2, -0.15) is 9.29 Å². The highest BCUT2D eigenvalue weighted by Crippen LogP contribution is 2.29. The molecule has 2 aromatic rings. The fourth-order valence-corrected chi connectivity index (χ4v) is 5.02. The van der Waals surface area contributed by atoms with Gasteiger partial charge in [0.15, 0.2) is 5.82 Å². The van der Waals surface area contributed by atoms with Crippen molar-refractivity contribution in [1.82, 2.24) is 19.8 Å². The van der Waals surface area contributed by atoms with Crippen LogP contribution in [0.5, 0.6) is 0 Å². The van der Waals surface area contributed by atoms with E-state index in [1.807, 2.05) is 14.0 Å². The summed E-state index contributed by atoms with van der Waals surface area (Å²) in [6.07, 6.45) is 0.642. The fourth-order valence-electron chi connectivity index (χ4n) is 2.31. The quantitative estimate of drug-likeness (QED) is 0.807. The first kappa shape index (κ1) is 17.5. The van der Waals surface area contributed by atoms with E-state index < -0.39 is 10.0 Å². The van der Waals surface area contributed by atoms with Gasteiger partial charge in [0.05, 0.1) is 18.8 Å². The number of nitrogens with one attached hydrogen (secondary N) is 1. The van der Waals surface area contributed by atoms with Gasteiger partial charge in [0, 0.05) is 30.9 Å². The van der Waals surface area contributed by atoms with E-state index in [1.165, 1.54) is 4.31 Å². The number of morpholine rings is 1. The lowest BCUT2D eigenvalue weighted by molar-refractivity contribution is 0.0731. The molecule has 1 aliphatic rings. The predicted molar refractivity (Wildman–Crippen MR) is 89.4 cm³/mol. The first-order valence-corrected chi connectivity index (χ1v) is 9.99. The first-order chi connectivity index (χ1) is 11.5. The molecule has 0 amide bonds. The molecule has 0 aliphatic carbocycles. The van der Waals surface area contributed by atoms with Gasteiger partial charge >= 0.3 is 0 Å². The fraction of sp³-hybridized carbons (Fsp3) is 0.571. The van der Waals surface area contributed by atoms with Crippen molar-refractivity contribution in [3.8, 4) is 11.5 Å². The van der Waals surface area contributed by atoms with Gasteiger partial charge in [-0.15, -0.1) is 11.3 Å². The van der Waals surface area contributed by atoms with E-state index in [1.54, 1.807) is 11.4 Å². The first-order valence-electron chi connectivity index (χ1n) is 7.67. The summed E-state index contributed by atoms with van der Waals surface area (Å²) < 4.78 is 37.4. The summed E-state index contributed by atoms with van der Waals surface area (Å²) in [6, 6.07) is 1.82. The summed E-state index contributed by atoms with van der Waals surface area (Å²) in [5, 5.41) is 8.78. The second kappa shape index (κ2) is 7.28. The molecule has 1 N–H and O–H groups in total. The molecule has 1 atom stereocenters. The Balaban J connectivity index is 1.78. The Bertz CT molecular complexity index is 780. The second-order valence-electron chi connectivity index (χ2n) is 5.58. The van der Waals surface area contributed by atoms with Gasteiger partial charge in [0.1, 0.15) is 4.21 Å². The smallest absolute Gasteiger partial charge is 0.258 e. The van der Waals surface area contributed by atoms with Crippen LogP contribution in [-0.4, -0.2) is 62.3 Å². The van der Waals surface area contributed by atoms with Gasteiger partial charge in [-0.05, 0) is 20.0 Å². The van der Waals surface area contributed by atoms with Crippen molar-refractivity contribution >= 4 is 21.4 Å². The SMILES string of the molecule is CNC(C)Cc1noc(-c2csc(S(=O)(=O)N3CCOCC3)c2)n1. The summed E-state index contributed by atoms with van der Waals surface area (Å²) in [4.78, 5) is 4.34. The normalized spacial score (nSPS) is 17.9. The molecule has 2 aromatic heterocycles. The molecule has 10 heteroatoms. The summed E-state index contributed by atoms with van der Waals surface area (Å²) in [5.41, 5.74) is 0.627. The summed E-state index contributed by atoms with van der Waals surface area (Å²) in [5.74, 6) is 0.934.